The first-order chi connectivity index (χ1) is 7.77. The standard InChI is InChI=1S/C14H20N2/c1-9(13-7-15-13)11-5-3-4-6-12(11)10(2)14-8-16-14/h3-6,9-10,13-16H,7-8H2,1-2H3. The lowest BCUT2D eigenvalue weighted by molar-refractivity contribution is 0.684. The molecule has 0 aliphatic carbocycles. The number of hydrogen-bond donors (Lipinski definition) is 2. The van der Waals surface area contributed by atoms with Crippen LogP contribution in [0.1, 0.15) is 36.8 Å². The lowest BCUT2D eigenvalue weighted by atomic mass is 9.86. The lowest BCUT2D eigenvalue weighted by Gasteiger charge is -2.19. The van der Waals surface area contributed by atoms with Crippen LogP contribution in [0.2, 0.25) is 0 Å². The molecule has 2 saturated heterocycles. The Hall–Kier alpha value is -0.860. The van der Waals surface area contributed by atoms with E-state index in [2.05, 4.69) is 48.7 Å². The van der Waals surface area contributed by atoms with Gasteiger partial charge >= 0.3 is 0 Å². The van der Waals surface area contributed by atoms with E-state index in [1.807, 2.05) is 0 Å². The summed E-state index contributed by atoms with van der Waals surface area (Å²) in [5.41, 5.74) is 3.08. The van der Waals surface area contributed by atoms with Crippen LogP contribution in [-0.2, 0) is 0 Å². The Bertz CT molecular complexity index is 343. The Kier molecular flexibility index (Phi) is 2.49. The monoisotopic (exact) mass is 216 g/mol. The topological polar surface area (TPSA) is 43.9 Å². The fourth-order valence-electron chi connectivity index (χ4n) is 2.62. The van der Waals surface area contributed by atoms with Gasteiger partial charge in [-0.15, -0.1) is 0 Å². The normalized spacial score (nSPS) is 30.9. The van der Waals surface area contributed by atoms with Gasteiger partial charge in [-0.25, -0.2) is 0 Å². The van der Waals surface area contributed by atoms with E-state index in [-0.39, 0.29) is 0 Å². The second-order valence-corrected chi connectivity index (χ2v) is 5.24. The highest BCUT2D eigenvalue weighted by Crippen LogP contribution is 2.33. The largest absolute Gasteiger partial charge is 0.311 e. The summed E-state index contributed by atoms with van der Waals surface area (Å²) in [5, 5.41) is 6.86. The number of nitrogens with one attached hydrogen (secondary N) is 2. The summed E-state index contributed by atoms with van der Waals surface area (Å²) in [4.78, 5) is 0. The fraction of sp³-hybridized carbons (Fsp3) is 0.571. The van der Waals surface area contributed by atoms with Crippen molar-refractivity contribution >= 4 is 0 Å². The van der Waals surface area contributed by atoms with Gasteiger partial charge < -0.3 is 10.6 Å². The molecule has 2 N–H and O–H groups in total. The molecule has 1 aromatic carbocycles. The maximum absolute atomic E-state index is 3.43. The first-order valence-electron chi connectivity index (χ1n) is 6.33. The number of hydrogen-bond acceptors (Lipinski definition) is 2. The fourth-order valence-corrected chi connectivity index (χ4v) is 2.62. The van der Waals surface area contributed by atoms with Crippen LogP contribution in [0.15, 0.2) is 24.3 Å². The molecule has 0 radical (unpaired) electrons. The van der Waals surface area contributed by atoms with Gasteiger partial charge in [-0.1, -0.05) is 38.1 Å². The Labute approximate surface area is 97.4 Å². The van der Waals surface area contributed by atoms with E-state index in [0.717, 1.165) is 0 Å². The highest BCUT2D eigenvalue weighted by molar-refractivity contribution is 5.36. The Morgan fingerprint density at radius 1 is 0.938 bits per heavy atom. The first-order valence-corrected chi connectivity index (χ1v) is 6.33. The van der Waals surface area contributed by atoms with Gasteiger partial charge in [0.05, 0.1) is 0 Å². The minimum absolute atomic E-state index is 0.650. The predicted molar refractivity (Wildman–Crippen MR) is 66.9 cm³/mol. The maximum Gasteiger partial charge on any atom is 0.0259 e. The van der Waals surface area contributed by atoms with E-state index in [9.17, 15) is 0 Å². The summed E-state index contributed by atoms with van der Waals surface area (Å²) >= 11 is 0. The highest BCUT2D eigenvalue weighted by atomic mass is 15.1. The molecule has 0 aromatic heterocycles. The zero-order valence-electron chi connectivity index (χ0n) is 10.0. The van der Waals surface area contributed by atoms with Crippen molar-refractivity contribution in [3.05, 3.63) is 35.4 Å². The molecule has 0 spiro atoms. The second kappa shape index (κ2) is 3.86. The zero-order valence-corrected chi connectivity index (χ0v) is 10.0. The molecule has 0 amide bonds. The SMILES string of the molecule is CC(c1ccccc1C(C)C1CN1)C1CN1. The van der Waals surface area contributed by atoms with Crippen molar-refractivity contribution in [1.29, 1.82) is 0 Å². The molecule has 86 valence electrons. The van der Waals surface area contributed by atoms with Crippen molar-refractivity contribution in [3.63, 3.8) is 0 Å². The molecule has 4 unspecified atom stereocenters. The Morgan fingerprint density at radius 3 is 1.62 bits per heavy atom. The van der Waals surface area contributed by atoms with Crippen molar-refractivity contribution in [1.82, 2.24) is 10.6 Å². The third-order valence-electron chi connectivity index (χ3n) is 4.06. The molecule has 2 aliphatic rings. The highest BCUT2D eigenvalue weighted by Gasteiger charge is 2.33. The van der Waals surface area contributed by atoms with Gasteiger partial charge in [0.1, 0.15) is 0 Å². The van der Waals surface area contributed by atoms with E-state index < -0.39 is 0 Å². The molecule has 2 heterocycles. The van der Waals surface area contributed by atoms with Crippen LogP contribution >= 0.6 is 0 Å². The third-order valence-corrected chi connectivity index (χ3v) is 4.06. The summed E-state index contributed by atoms with van der Waals surface area (Å²) in [5.74, 6) is 1.30. The molecule has 4 atom stereocenters. The van der Waals surface area contributed by atoms with E-state index in [1.165, 1.54) is 13.1 Å². The van der Waals surface area contributed by atoms with Gasteiger partial charge in [-0.05, 0) is 23.0 Å². The third kappa shape index (κ3) is 1.87. The molecule has 0 saturated carbocycles. The molecule has 2 nitrogen and oxygen atoms in total. The van der Waals surface area contributed by atoms with Gasteiger partial charge in [-0.3, -0.25) is 0 Å². The van der Waals surface area contributed by atoms with E-state index in [0.29, 0.717) is 23.9 Å². The summed E-state index contributed by atoms with van der Waals surface area (Å²) in [6.45, 7) is 7.06. The van der Waals surface area contributed by atoms with Crippen molar-refractivity contribution in [2.75, 3.05) is 13.1 Å². The molecule has 16 heavy (non-hydrogen) atoms. The molecule has 2 fully saturated rings. The molecule has 0 bridgehead atoms. The Balaban J connectivity index is 1.89. The summed E-state index contributed by atoms with van der Waals surface area (Å²) in [6.07, 6.45) is 0. The summed E-state index contributed by atoms with van der Waals surface area (Å²) in [7, 11) is 0. The van der Waals surface area contributed by atoms with Crippen molar-refractivity contribution in [3.8, 4) is 0 Å². The van der Waals surface area contributed by atoms with Crippen LogP contribution in [0.5, 0.6) is 0 Å². The van der Waals surface area contributed by atoms with Crippen LogP contribution in [0.4, 0.5) is 0 Å². The molecular formula is C14H20N2. The van der Waals surface area contributed by atoms with Crippen LogP contribution < -0.4 is 10.6 Å². The Morgan fingerprint density at radius 2 is 1.31 bits per heavy atom. The molecule has 3 rings (SSSR count). The minimum atomic E-state index is 0.650. The molecule has 1 aromatic rings. The average molecular weight is 216 g/mol. The van der Waals surface area contributed by atoms with Gasteiger partial charge in [0.15, 0.2) is 0 Å². The van der Waals surface area contributed by atoms with E-state index >= 15 is 0 Å². The van der Waals surface area contributed by atoms with Crippen LogP contribution in [0, 0.1) is 0 Å². The van der Waals surface area contributed by atoms with Gasteiger partial charge in [0.2, 0.25) is 0 Å². The zero-order chi connectivity index (χ0) is 11.1. The van der Waals surface area contributed by atoms with E-state index in [4.69, 9.17) is 0 Å². The summed E-state index contributed by atoms with van der Waals surface area (Å²) < 4.78 is 0. The van der Waals surface area contributed by atoms with Crippen LogP contribution in [0.25, 0.3) is 0 Å². The molecule has 2 heteroatoms. The van der Waals surface area contributed by atoms with Crippen LogP contribution in [-0.4, -0.2) is 25.2 Å². The average Bonchev–Trinajstić information content (AvgIpc) is 3.20. The molecule has 2 aliphatic heterocycles. The number of benzene rings is 1. The van der Waals surface area contributed by atoms with Gasteiger partial charge in [0, 0.05) is 25.2 Å². The minimum Gasteiger partial charge on any atom is -0.311 e. The van der Waals surface area contributed by atoms with Crippen molar-refractivity contribution < 1.29 is 0 Å². The van der Waals surface area contributed by atoms with Crippen LogP contribution in [0.3, 0.4) is 0 Å². The maximum atomic E-state index is 3.43. The predicted octanol–water partition coefficient (Wildman–Crippen LogP) is 1.84. The van der Waals surface area contributed by atoms with Gasteiger partial charge in [0.25, 0.3) is 0 Å². The summed E-state index contributed by atoms with van der Waals surface area (Å²) in [6, 6.07) is 10.4. The lowest BCUT2D eigenvalue weighted by Crippen LogP contribution is -2.12. The molecular weight excluding hydrogens is 196 g/mol. The smallest absolute Gasteiger partial charge is 0.0259 e. The quantitative estimate of drug-likeness (QED) is 0.754. The van der Waals surface area contributed by atoms with E-state index in [1.54, 1.807) is 11.1 Å². The van der Waals surface area contributed by atoms with Gasteiger partial charge in [-0.2, -0.15) is 0 Å². The van der Waals surface area contributed by atoms with Crippen molar-refractivity contribution in [2.24, 2.45) is 0 Å². The number of rotatable bonds is 4. The first kappa shape index (κ1) is 10.3. The van der Waals surface area contributed by atoms with Crippen molar-refractivity contribution in [2.45, 2.75) is 37.8 Å². The second-order valence-electron chi connectivity index (χ2n) is 5.24.